The third-order valence-electron chi connectivity index (χ3n) is 4.68. The third kappa shape index (κ3) is 4.35. The molecule has 33 heavy (non-hydrogen) atoms. The van der Waals surface area contributed by atoms with E-state index in [-0.39, 0.29) is 16.5 Å². The van der Waals surface area contributed by atoms with Crippen LogP contribution >= 0.6 is 23.1 Å². The van der Waals surface area contributed by atoms with Gasteiger partial charge in [0.05, 0.1) is 6.20 Å². The summed E-state index contributed by atoms with van der Waals surface area (Å²) in [6.07, 6.45) is 8.11. The smallest absolute Gasteiger partial charge is 0.352 e. The van der Waals surface area contributed by atoms with Crippen LogP contribution in [-0.2, 0) is 14.4 Å². The third-order valence-corrected chi connectivity index (χ3v) is 6.65. The number of carboxylic acid groups (broad SMARTS) is 1. The number of amides is 2. The Kier molecular flexibility index (Phi) is 6.23. The largest absolute Gasteiger partial charge is 0.477 e. The number of thioether (sulfide) groups is 1. The minimum atomic E-state index is -1.26. The fourth-order valence-electron chi connectivity index (χ4n) is 3.21. The second kappa shape index (κ2) is 9.25. The number of thiazole rings is 1. The zero-order valence-electron chi connectivity index (χ0n) is 16.6. The van der Waals surface area contributed by atoms with Crippen LogP contribution in [0.3, 0.4) is 0 Å². The molecule has 13 nitrogen and oxygen atoms in total. The Bertz CT molecular complexity index is 1220. The van der Waals surface area contributed by atoms with Crippen molar-refractivity contribution in [3.63, 3.8) is 0 Å². The van der Waals surface area contributed by atoms with Crippen molar-refractivity contribution in [3.05, 3.63) is 52.5 Å². The molecule has 2 atom stereocenters. The molecule has 0 unspecified atom stereocenters. The number of allylic oxidation sites excluding steroid dienone is 3. The molecule has 4 heterocycles. The van der Waals surface area contributed by atoms with Crippen LogP contribution in [0, 0.1) is 0 Å². The molecule has 2 aromatic rings. The zero-order valence-corrected chi connectivity index (χ0v) is 18.2. The van der Waals surface area contributed by atoms with E-state index in [1.54, 1.807) is 24.3 Å². The van der Waals surface area contributed by atoms with Gasteiger partial charge in [0, 0.05) is 11.1 Å². The van der Waals surface area contributed by atoms with Crippen LogP contribution in [0.1, 0.15) is 11.4 Å². The molecule has 6 N–H and O–H groups in total. The maximum absolute atomic E-state index is 12.7. The predicted octanol–water partition coefficient (Wildman–Crippen LogP) is 0.0299. The van der Waals surface area contributed by atoms with Gasteiger partial charge >= 0.3 is 5.97 Å². The molecule has 0 aromatic carbocycles. The fraction of sp³-hybridized carbons (Fsp3) is 0.167. The number of H-pyrrole nitrogens is 1. The van der Waals surface area contributed by atoms with Gasteiger partial charge in [-0.1, -0.05) is 23.4 Å². The number of carboxylic acids is 1. The number of nitrogens with one attached hydrogen (secondary N) is 2. The standard InChI is InChI=1S/C18H16N8O5S2/c19-18-21-10(7-33-18)11(24-31)14(27)22-12-15(28)26-13(17(29)30)8(6-32-16(12)26)3-1-2-4-9-5-20-25-23-9/h1-5,7,12,16,31H,6H2,(H2,19,21)(H,22,27)(H,29,30)(H,20,23,25)/b3-1+,4-2+,24-11-/t12-,16-/m1/s1. The number of rotatable bonds is 7. The lowest BCUT2D eigenvalue weighted by atomic mass is 10.0. The van der Waals surface area contributed by atoms with Crippen molar-refractivity contribution in [2.45, 2.75) is 11.4 Å². The van der Waals surface area contributed by atoms with Crippen molar-refractivity contribution in [1.29, 1.82) is 0 Å². The molecule has 2 aromatic heterocycles. The highest BCUT2D eigenvalue weighted by Gasteiger charge is 2.54. The predicted molar refractivity (Wildman–Crippen MR) is 119 cm³/mol. The number of β-lactam (4-membered cyclic amide) rings is 1. The van der Waals surface area contributed by atoms with Crippen molar-refractivity contribution in [1.82, 2.24) is 30.6 Å². The van der Waals surface area contributed by atoms with Crippen LogP contribution < -0.4 is 11.1 Å². The summed E-state index contributed by atoms with van der Waals surface area (Å²) in [5.74, 6) is -2.36. The molecule has 1 fully saturated rings. The maximum Gasteiger partial charge on any atom is 0.352 e. The number of carbonyl (C=O) groups excluding carboxylic acids is 2. The highest BCUT2D eigenvalue weighted by atomic mass is 32.2. The number of aliphatic carboxylic acids is 1. The minimum absolute atomic E-state index is 0.0645. The van der Waals surface area contributed by atoms with Crippen molar-refractivity contribution in [3.8, 4) is 0 Å². The number of oxime groups is 1. The summed E-state index contributed by atoms with van der Waals surface area (Å²) >= 11 is 2.36. The highest BCUT2D eigenvalue weighted by Crippen LogP contribution is 2.40. The van der Waals surface area contributed by atoms with Crippen LogP contribution in [0.5, 0.6) is 0 Å². The molecular weight excluding hydrogens is 472 g/mol. The van der Waals surface area contributed by atoms with Crippen molar-refractivity contribution < 1.29 is 24.7 Å². The Balaban J connectivity index is 1.48. The van der Waals surface area contributed by atoms with E-state index in [4.69, 9.17) is 5.73 Å². The fourth-order valence-corrected chi connectivity index (χ4v) is 5.07. The van der Waals surface area contributed by atoms with E-state index in [9.17, 15) is 24.7 Å². The summed E-state index contributed by atoms with van der Waals surface area (Å²) in [6.45, 7) is 0. The number of hydrogen-bond acceptors (Lipinski definition) is 11. The monoisotopic (exact) mass is 488 g/mol. The summed E-state index contributed by atoms with van der Waals surface area (Å²) in [6, 6.07) is -0.984. The van der Waals surface area contributed by atoms with Gasteiger partial charge in [-0.2, -0.15) is 15.4 Å². The van der Waals surface area contributed by atoms with E-state index < -0.39 is 34.9 Å². The second-order valence-electron chi connectivity index (χ2n) is 6.67. The van der Waals surface area contributed by atoms with E-state index in [2.05, 4.69) is 30.9 Å². The van der Waals surface area contributed by atoms with Gasteiger partial charge in [0.25, 0.3) is 11.8 Å². The summed E-state index contributed by atoms with van der Waals surface area (Å²) in [5.41, 5.74) is 6.11. The molecule has 2 aliphatic heterocycles. The highest BCUT2D eigenvalue weighted by molar-refractivity contribution is 8.00. The molecule has 0 aliphatic carbocycles. The number of carbonyl (C=O) groups is 3. The molecule has 15 heteroatoms. The molecule has 0 radical (unpaired) electrons. The lowest BCUT2D eigenvalue weighted by Gasteiger charge is -2.49. The van der Waals surface area contributed by atoms with Gasteiger partial charge < -0.3 is 21.4 Å². The van der Waals surface area contributed by atoms with Crippen LogP contribution in [0.2, 0.25) is 0 Å². The number of aromatic nitrogens is 4. The van der Waals surface area contributed by atoms with E-state index >= 15 is 0 Å². The first-order valence-electron chi connectivity index (χ1n) is 9.26. The Morgan fingerprint density at radius 3 is 2.79 bits per heavy atom. The molecule has 4 rings (SSSR count). The Morgan fingerprint density at radius 1 is 1.36 bits per heavy atom. The number of nitrogens with two attached hydrogens (primary N) is 1. The van der Waals surface area contributed by atoms with Crippen LogP contribution in [0.25, 0.3) is 6.08 Å². The molecular formula is C18H16N8O5S2. The molecule has 0 spiro atoms. The van der Waals surface area contributed by atoms with Crippen molar-refractivity contribution in [2.24, 2.45) is 5.16 Å². The lowest BCUT2D eigenvalue weighted by Crippen LogP contribution is -2.71. The number of hydrogen-bond donors (Lipinski definition) is 5. The first kappa shape index (κ1) is 22.2. The average molecular weight is 489 g/mol. The zero-order chi connectivity index (χ0) is 23.5. The van der Waals surface area contributed by atoms with Gasteiger partial charge in [-0.15, -0.1) is 23.1 Å². The van der Waals surface area contributed by atoms with Crippen LogP contribution in [0.15, 0.2) is 46.2 Å². The van der Waals surface area contributed by atoms with E-state index in [1.165, 1.54) is 23.3 Å². The summed E-state index contributed by atoms with van der Waals surface area (Å²) in [5, 5.41) is 35.4. The van der Waals surface area contributed by atoms with E-state index in [0.717, 1.165) is 16.2 Å². The van der Waals surface area contributed by atoms with Gasteiger partial charge in [0.1, 0.15) is 28.5 Å². The van der Waals surface area contributed by atoms with Crippen LogP contribution in [-0.4, -0.2) is 76.3 Å². The van der Waals surface area contributed by atoms with E-state index in [1.807, 2.05) is 0 Å². The van der Waals surface area contributed by atoms with Gasteiger partial charge in [-0.05, 0) is 11.6 Å². The quantitative estimate of drug-likeness (QED) is 0.116. The molecule has 0 bridgehead atoms. The number of nitrogen functional groups attached to an aromatic ring is 1. The number of fused-ring (bicyclic) bond motifs is 1. The molecule has 1 saturated heterocycles. The normalized spacial score (nSPS) is 20.9. The van der Waals surface area contributed by atoms with Gasteiger partial charge in [0.2, 0.25) is 0 Å². The Morgan fingerprint density at radius 2 is 2.15 bits per heavy atom. The van der Waals surface area contributed by atoms with Gasteiger partial charge in [0.15, 0.2) is 10.8 Å². The second-order valence-corrected chi connectivity index (χ2v) is 8.67. The summed E-state index contributed by atoms with van der Waals surface area (Å²) < 4.78 is 0. The van der Waals surface area contributed by atoms with Crippen molar-refractivity contribution >= 4 is 57.8 Å². The number of aromatic amines is 1. The number of nitrogens with zero attached hydrogens (tertiary/aromatic N) is 5. The summed E-state index contributed by atoms with van der Waals surface area (Å²) in [4.78, 5) is 42.2. The SMILES string of the molecule is Nc1nc(/C(=N/O)C(=O)N[C@@H]2C(=O)N3C(C(=O)O)=C(/C=C/C=C/c4cn[nH]n4)CS[C@H]23)cs1. The van der Waals surface area contributed by atoms with Gasteiger partial charge in [-0.3, -0.25) is 14.5 Å². The first-order chi connectivity index (χ1) is 15.9. The minimum Gasteiger partial charge on any atom is -0.477 e. The molecule has 2 aliphatic rings. The Labute approximate surface area is 193 Å². The van der Waals surface area contributed by atoms with Crippen LogP contribution in [0.4, 0.5) is 5.13 Å². The summed E-state index contributed by atoms with van der Waals surface area (Å²) in [7, 11) is 0. The molecule has 170 valence electrons. The topological polar surface area (TPSA) is 200 Å². The van der Waals surface area contributed by atoms with E-state index in [0.29, 0.717) is 17.0 Å². The maximum atomic E-state index is 12.7. The van der Waals surface area contributed by atoms with Crippen molar-refractivity contribution in [2.75, 3.05) is 11.5 Å². The first-order valence-corrected chi connectivity index (χ1v) is 11.2. The molecule has 0 saturated carbocycles. The Hall–Kier alpha value is -3.98. The average Bonchev–Trinajstić information content (AvgIpc) is 3.46. The molecule has 2 amide bonds. The van der Waals surface area contributed by atoms with Gasteiger partial charge in [-0.25, -0.2) is 9.78 Å². The lowest BCUT2D eigenvalue weighted by molar-refractivity contribution is -0.150. The number of anilines is 1.